The zero-order valence-electron chi connectivity index (χ0n) is 12.4. The van der Waals surface area contributed by atoms with Crippen molar-refractivity contribution in [2.75, 3.05) is 19.6 Å². The van der Waals surface area contributed by atoms with Crippen LogP contribution in [0.4, 0.5) is 0 Å². The third-order valence-electron chi connectivity index (χ3n) is 4.16. The lowest BCUT2D eigenvalue weighted by Gasteiger charge is -2.36. The van der Waals surface area contributed by atoms with Gasteiger partial charge in [-0.05, 0) is 41.8 Å². The summed E-state index contributed by atoms with van der Waals surface area (Å²) in [5.74, 6) is 0. The van der Waals surface area contributed by atoms with E-state index in [2.05, 4.69) is 34.5 Å². The molecule has 0 aromatic heterocycles. The van der Waals surface area contributed by atoms with Crippen molar-refractivity contribution in [2.45, 2.75) is 19.0 Å². The van der Waals surface area contributed by atoms with Gasteiger partial charge < -0.3 is 5.32 Å². The van der Waals surface area contributed by atoms with Crippen LogP contribution in [0.2, 0.25) is 10.0 Å². The molecule has 1 heterocycles. The summed E-state index contributed by atoms with van der Waals surface area (Å²) < 4.78 is 0. The van der Waals surface area contributed by atoms with E-state index in [1.807, 2.05) is 24.3 Å². The monoisotopic (exact) mass is 334 g/mol. The predicted molar refractivity (Wildman–Crippen MR) is 93.7 cm³/mol. The van der Waals surface area contributed by atoms with Gasteiger partial charge in [-0.2, -0.15) is 0 Å². The number of piperazine rings is 1. The van der Waals surface area contributed by atoms with Gasteiger partial charge in [0.25, 0.3) is 0 Å². The second-order valence-electron chi connectivity index (χ2n) is 5.79. The highest BCUT2D eigenvalue weighted by molar-refractivity contribution is 6.30. The molecular weight excluding hydrogens is 315 g/mol. The van der Waals surface area contributed by atoms with Crippen molar-refractivity contribution in [3.63, 3.8) is 0 Å². The molecule has 1 aliphatic heterocycles. The second-order valence-corrected chi connectivity index (χ2v) is 6.66. The predicted octanol–water partition coefficient (Wildman–Crippen LogP) is 4.01. The summed E-state index contributed by atoms with van der Waals surface area (Å²) in [4.78, 5) is 2.55. The zero-order chi connectivity index (χ0) is 15.4. The van der Waals surface area contributed by atoms with Crippen LogP contribution in [-0.2, 0) is 13.0 Å². The standard InChI is InChI=1S/C18H20Cl2N2/c19-16-5-1-14(2-6-16)11-18-12-21-9-10-22(18)13-15-3-7-17(20)8-4-15/h1-8,18,21H,9-13H2. The van der Waals surface area contributed by atoms with E-state index in [0.717, 1.165) is 42.6 Å². The molecule has 2 nitrogen and oxygen atoms in total. The van der Waals surface area contributed by atoms with E-state index in [9.17, 15) is 0 Å². The van der Waals surface area contributed by atoms with E-state index in [1.165, 1.54) is 11.1 Å². The van der Waals surface area contributed by atoms with Gasteiger partial charge in [-0.15, -0.1) is 0 Å². The van der Waals surface area contributed by atoms with Crippen LogP contribution in [0, 0.1) is 0 Å². The maximum atomic E-state index is 5.97. The fourth-order valence-corrected chi connectivity index (χ4v) is 3.18. The minimum absolute atomic E-state index is 0.505. The van der Waals surface area contributed by atoms with Crippen molar-refractivity contribution in [2.24, 2.45) is 0 Å². The van der Waals surface area contributed by atoms with Crippen molar-refractivity contribution >= 4 is 23.2 Å². The molecule has 4 heteroatoms. The van der Waals surface area contributed by atoms with E-state index < -0.39 is 0 Å². The van der Waals surface area contributed by atoms with Crippen molar-refractivity contribution in [1.29, 1.82) is 0 Å². The Morgan fingerprint density at radius 1 is 0.909 bits per heavy atom. The molecular formula is C18H20Cl2N2. The third kappa shape index (κ3) is 4.23. The molecule has 22 heavy (non-hydrogen) atoms. The Morgan fingerprint density at radius 3 is 2.14 bits per heavy atom. The first-order valence-electron chi connectivity index (χ1n) is 7.64. The Kier molecular flexibility index (Phi) is 5.37. The van der Waals surface area contributed by atoms with Crippen LogP contribution in [0.15, 0.2) is 48.5 Å². The van der Waals surface area contributed by atoms with E-state index in [4.69, 9.17) is 23.2 Å². The third-order valence-corrected chi connectivity index (χ3v) is 4.66. The van der Waals surface area contributed by atoms with Gasteiger partial charge >= 0.3 is 0 Å². The average Bonchev–Trinajstić information content (AvgIpc) is 2.54. The van der Waals surface area contributed by atoms with Gasteiger partial charge in [0.1, 0.15) is 0 Å². The molecule has 0 radical (unpaired) electrons. The molecule has 0 saturated carbocycles. The Bertz CT molecular complexity index is 540. The van der Waals surface area contributed by atoms with Gasteiger partial charge in [-0.1, -0.05) is 47.5 Å². The van der Waals surface area contributed by atoms with Gasteiger partial charge in [0.05, 0.1) is 0 Å². The lowest BCUT2D eigenvalue weighted by atomic mass is 10.0. The number of nitrogens with one attached hydrogen (secondary N) is 1. The fourth-order valence-electron chi connectivity index (χ4n) is 2.93. The number of benzene rings is 2. The van der Waals surface area contributed by atoms with E-state index in [1.54, 1.807) is 0 Å². The number of halogens is 2. The zero-order valence-corrected chi connectivity index (χ0v) is 13.9. The van der Waals surface area contributed by atoms with Gasteiger partial charge in [-0.3, -0.25) is 4.90 Å². The summed E-state index contributed by atoms with van der Waals surface area (Å²) in [5, 5.41) is 5.09. The molecule has 1 saturated heterocycles. The van der Waals surface area contributed by atoms with Crippen LogP contribution in [-0.4, -0.2) is 30.6 Å². The molecule has 1 fully saturated rings. The van der Waals surface area contributed by atoms with Gasteiger partial charge in [0, 0.05) is 42.3 Å². The second kappa shape index (κ2) is 7.47. The maximum absolute atomic E-state index is 5.97. The van der Waals surface area contributed by atoms with Gasteiger partial charge in [0.2, 0.25) is 0 Å². The van der Waals surface area contributed by atoms with Crippen molar-refractivity contribution in [3.05, 3.63) is 69.7 Å². The van der Waals surface area contributed by atoms with Crippen LogP contribution < -0.4 is 5.32 Å². The normalized spacial score (nSPS) is 19.3. The van der Waals surface area contributed by atoms with Crippen LogP contribution in [0.5, 0.6) is 0 Å². The van der Waals surface area contributed by atoms with E-state index in [-0.39, 0.29) is 0 Å². The minimum Gasteiger partial charge on any atom is -0.314 e. The average molecular weight is 335 g/mol. The minimum atomic E-state index is 0.505. The van der Waals surface area contributed by atoms with Crippen LogP contribution >= 0.6 is 23.2 Å². The molecule has 1 aliphatic rings. The Labute approximate surface area is 142 Å². The lowest BCUT2D eigenvalue weighted by molar-refractivity contribution is 0.152. The highest BCUT2D eigenvalue weighted by Crippen LogP contribution is 2.18. The molecule has 1 atom stereocenters. The first-order valence-corrected chi connectivity index (χ1v) is 8.40. The highest BCUT2D eigenvalue weighted by atomic mass is 35.5. The molecule has 0 spiro atoms. The Morgan fingerprint density at radius 2 is 1.50 bits per heavy atom. The summed E-state index contributed by atoms with van der Waals surface area (Å²) in [7, 11) is 0. The Hall–Kier alpha value is -1.06. The summed E-state index contributed by atoms with van der Waals surface area (Å²) in [6, 6.07) is 16.8. The van der Waals surface area contributed by atoms with Crippen molar-refractivity contribution in [1.82, 2.24) is 10.2 Å². The smallest absolute Gasteiger partial charge is 0.0406 e. The first-order chi connectivity index (χ1) is 10.7. The maximum Gasteiger partial charge on any atom is 0.0406 e. The summed E-state index contributed by atoms with van der Waals surface area (Å²) in [5.41, 5.74) is 2.65. The molecule has 1 N–H and O–H groups in total. The highest BCUT2D eigenvalue weighted by Gasteiger charge is 2.22. The topological polar surface area (TPSA) is 15.3 Å². The first kappa shape index (κ1) is 15.8. The molecule has 2 aromatic carbocycles. The molecule has 116 valence electrons. The summed E-state index contributed by atoms with van der Waals surface area (Å²) in [6.45, 7) is 4.11. The molecule has 2 aromatic rings. The molecule has 0 bridgehead atoms. The van der Waals surface area contributed by atoms with E-state index in [0.29, 0.717) is 6.04 Å². The summed E-state index contributed by atoms with van der Waals surface area (Å²) in [6.07, 6.45) is 1.04. The molecule has 1 unspecified atom stereocenters. The number of rotatable bonds is 4. The number of hydrogen-bond donors (Lipinski definition) is 1. The van der Waals surface area contributed by atoms with E-state index >= 15 is 0 Å². The van der Waals surface area contributed by atoms with Crippen LogP contribution in [0.3, 0.4) is 0 Å². The fraction of sp³-hybridized carbons (Fsp3) is 0.333. The molecule has 0 amide bonds. The summed E-state index contributed by atoms with van der Waals surface area (Å²) >= 11 is 11.9. The van der Waals surface area contributed by atoms with Crippen molar-refractivity contribution < 1.29 is 0 Å². The number of nitrogens with zero attached hydrogens (tertiary/aromatic N) is 1. The van der Waals surface area contributed by atoms with Crippen molar-refractivity contribution in [3.8, 4) is 0 Å². The largest absolute Gasteiger partial charge is 0.314 e. The molecule has 0 aliphatic carbocycles. The van der Waals surface area contributed by atoms with Crippen LogP contribution in [0.25, 0.3) is 0 Å². The quantitative estimate of drug-likeness (QED) is 0.908. The Balaban J connectivity index is 1.68. The molecule has 3 rings (SSSR count). The van der Waals surface area contributed by atoms with Crippen LogP contribution in [0.1, 0.15) is 11.1 Å². The van der Waals surface area contributed by atoms with Gasteiger partial charge in [0.15, 0.2) is 0 Å². The van der Waals surface area contributed by atoms with Gasteiger partial charge in [-0.25, -0.2) is 0 Å². The SMILES string of the molecule is Clc1ccc(CC2CNCCN2Cc2ccc(Cl)cc2)cc1. The lowest BCUT2D eigenvalue weighted by Crippen LogP contribution is -2.51. The number of hydrogen-bond acceptors (Lipinski definition) is 2.